The average Bonchev–Trinajstić information content (AvgIpc) is 2.71. The minimum absolute atomic E-state index is 0.338. The lowest BCUT2D eigenvalue weighted by Gasteiger charge is -2.15. The number of hydrogen-bond acceptors (Lipinski definition) is 1. The van der Waals surface area contributed by atoms with Gasteiger partial charge in [0.2, 0.25) is 0 Å². The molecule has 5 heteroatoms. The number of nitrogens with one attached hydrogen (secondary N) is 2. The summed E-state index contributed by atoms with van der Waals surface area (Å²) in [5.41, 5.74) is 0. The van der Waals surface area contributed by atoms with E-state index in [2.05, 4.69) is 10.6 Å². The quantitative estimate of drug-likeness (QED) is 0.661. The van der Waals surface area contributed by atoms with Crippen molar-refractivity contribution in [3.05, 3.63) is 0 Å². The molecule has 0 radical (unpaired) electrons. The fourth-order valence-corrected chi connectivity index (χ4v) is 1.08. The highest BCUT2D eigenvalue weighted by molar-refractivity contribution is 7.80. The molecule has 70 valence electrons. The Morgan fingerprint density at radius 1 is 1.50 bits per heavy atom. The summed E-state index contributed by atoms with van der Waals surface area (Å²) in [5, 5.41) is 5.79. The Morgan fingerprint density at radius 2 is 2.08 bits per heavy atom. The Morgan fingerprint density at radius 3 is 2.50 bits per heavy atom. The van der Waals surface area contributed by atoms with Crippen LogP contribution in [-0.4, -0.2) is 23.6 Å². The SMILES string of the molecule is CC(NC(=S)NC1CC1)C(F)F. The lowest BCUT2D eigenvalue weighted by Crippen LogP contribution is -2.44. The van der Waals surface area contributed by atoms with Crippen molar-refractivity contribution in [3.8, 4) is 0 Å². The van der Waals surface area contributed by atoms with Gasteiger partial charge in [-0.2, -0.15) is 0 Å². The molecule has 1 fully saturated rings. The summed E-state index contributed by atoms with van der Waals surface area (Å²) in [7, 11) is 0. The van der Waals surface area contributed by atoms with Crippen LogP contribution in [0.2, 0.25) is 0 Å². The van der Waals surface area contributed by atoms with Gasteiger partial charge in [0.1, 0.15) is 0 Å². The summed E-state index contributed by atoms with van der Waals surface area (Å²) < 4.78 is 24.0. The molecule has 0 heterocycles. The van der Waals surface area contributed by atoms with E-state index in [-0.39, 0.29) is 0 Å². The van der Waals surface area contributed by atoms with Gasteiger partial charge in [0.15, 0.2) is 5.11 Å². The fourth-order valence-electron chi connectivity index (χ4n) is 0.725. The van der Waals surface area contributed by atoms with Gasteiger partial charge in [0.05, 0.1) is 6.04 Å². The van der Waals surface area contributed by atoms with Crippen LogP contribution in [0.4, 0.5) is 8.78 Å². The second-order valence-electron chi connectivity index (χ2n) is 3.02. The second-order valence-corrected chi connectivity index (χ2v) is 3.42. The Balaban J connectivity index is 2.15. The van der Waals surface area contributed by atoms with Gasteiger partial charge in [-0.15, -0.1) is 0 Å². The number of rotatable bonds is 3. The molecule has 1 aliphatic carbocycles. The molecule has 2 N–H and O–H groups in total. The zero-order valence-electron chi connectivity index (χ0n) is 6.81. The number of hydrogen-bond donors (Lipinski definition) is 2. The van der Waals surface area contributed by atoms with Crippen molar-refractivity contribution in [1.82, 2.24) is 10.6 Å². The molecular formula is C7H12F2N2S. The molecule has 2 nitrogen and oxygen atoms in total. The van der Waals surface area contributed by atoms with Crippen LogP contribution in [0.3, 0.4) is 0 Å². The molecule has 0 amide bonds. The van der Waals surface area contributed by atoms with Crippen LogP contribution in [0, 0.1) is 0 Å². The minimum Gasteiger partial charge on any atom is -0.360 e. The van der Waals surface area contributed by atoms with Crippen molar-refractivity contribution in [2.24, 2.45) is 0 Å². The van der Waals surface area contributed by atoms with Gasteiger partial charge in [0.25, 0.3) is 6.43 Å². The highest BCUT2D eigenvalue weighted by atomic mass is 32.1. The smallest absolute Gasteiger partial charge is 0.258 e. The highest BCUT2D eigenvalue weighted by Crippen LogP contribution is 2.18. The summed E-state index contributed by atoms with van der Waals surface area (Å²) in [6, 6.07) is -0.460. The third-order valence-electron chi connectivity index (χ3n) is 1.65. The summed E-state index contributed by atoms with van der Waals surface area (Å²) in [6.07, 6.45) is -0.195. The highest BCUT2D eigenvalue weighted by Gasteiger charge is 2.23. The molecule has 0 aromatic heterocycles. The number of thiocarbonyl (C=S) groups is 1. The molecule has 1 unspecified atom stereocenters. The fraction of sp³-hybridized carbons (Fsp3) is 0.857. The number of halogens is 2. The molecule has 0 aliphatic heterocycles. The Labute approximate surface area is 75.7 Å². The van der Waals surface area contributed by atoms with Crippen LogP contribution < -0.4 is 10.6 Å². The van der Waals surface area contributed by atoms with Crippen molar-refractivity contribution in [2.45, 2.75) is 38.3 Å². The van der Waals surface area contributed by atoms with E-state index in [0.717, 1.165) is 12.8 Å². The van der Waals surface area contributed by atoms with Gasteiger partial charge in [-0.25, -0.2) is 8.78 Å². The predicted molar refractivity (Wildman–Crippen MR) is 47.4 cm³/mol. The summed E-state index contributed by atoms with van der Waals surface area (Å²) in [6.45, 7) is 1.41. The third-order valence-corrected chi connectivity index (χ3v) is 1.89. The summed E-state index contributed by atoms with van der Waals surface area (Å²) >= 11 is 4.81. The van der Waals surface area contributed by atoms with Gasteiger partial charge in [-0.3, -0.25) is 0 Å². The van der Waals surface area contributed by atoms with Crippen LogP contribution in [0.1, 0.15) is 19.8 Å². The van der Waals surface area contributed by atoms with Crippen LogP contribution in [-0.2, 0) is 0 Å². The lowest BCUT2D eigenvalue weighted by atomic mass is 10.4. The van der Waals surface area contributed by atoms with Crippen LogP contribution in [0.5, 0.6) is 0 Å². The standard InChI is InChI=1S/C7H12F2N2S/c1-4(6(8)9)10-7(12)11-5-2-3-5/h4-6H,2-3H2,1H3,(H2,10,11,12). The van der Waals surface area contributed by atoms with Crippen molar-refractivity contribution >= 4 is 17.3 Å². The van der Waals surface area contributed by atoms with Crippen LogP contribution >= 0.6 is 12.2 Å². The van der Waals surface area contributed by atoms with E-state index in [9.17, 15) is 8.78 Å². The molecule has 1 saturated carbocycles. The first-order valence-electron chi connectivity index (χ1n) is 3.95. The average molecular weight is 194 g/mol. The topological polar surface area (TPSA) is 24.1 Å². The number of alkyl halides is 2. The monoisotopic (exact) mass is 194 g/mol. The molecule has 1 atom stereocenters. The molecular weight excluding hydrogens is 182 g/mol. The normalized spacial score (nSPS) is 19.0. The summed E-state index contributed by atoms with van der Waals surface area (Å²) in [4.78, 5) is 0. The molecule has 1 aliphatic rings. The Kier molecular flexibility index (Phi) is 3.20. The molecule has 0 saturated heterocycles. The van der Waals surface area contributed by atoms with Crippen LogP contribution in [0.25, 0.3) is 0 Å². The van der Waals surface area contributed by atoms with E-state index in [1.165, 1.54) is 6.92 Å². The summed E-state index contributed by atoms with van der Waals surface area (Å²) in [5.74, 6) is 0. The maximum atomic E-state index is 12.0. The van der Waals surface area contributed by atoms with E-state index in [4.69, 9.17) is 12.2 Å². The van der Waals surface area contributed by atoms with Crippen molar-refractivity contribution in [1.29, 1.82) is 0 Å². The lowest BCUT2D eigenvalue weighted by molar-refractivity contribution is 0.115. The first-order chi connectivity index (χ1) is 5.59. The van der Waals surface area contributed by atoms with E-state index in [0.29, 0.717) is 11.2 Å². The van der Waals surface area contributed by atoms with E-state index >= 15 is 0 Å². The van der Waals surface area contributed by atoms with E-state index in [1.807, 2.05) is 0 Å². The maximum absolute atomic E-state index is 12.0. The molecule has 0 bridgehead atoms. The zero-order chi connectivity index (χ0) is 9.14. The Hall–Kier alpha value is -0.450. The molecule has 1 rings (SSSR count). The molecule has 0 spiro atoms. The zero-order valence-corrected chi connectivity index (χ0v) is 7.63. The van der Waals surface area contributed by atoms with Crippen molar-refractivity contribution < 1.29 is 8.78 Å². The van der Waals surface area contributed by atoms with Gasteiger partial charge in [-0.05, 0) is 32.0 Å². The third kappa shape index (κ3) is 3.30. The minimum atomic E-state index is -2.37. The first kappa shape index (κ1) is 9.64. The maximum Gasteiger partial charge on any atom is 0.258 e. The van der Waals surface area contributed by atoms with Gasteiger partial charge in [-0.1, -0.05) is 0 Å². The van der Waals surface area contributed by atoms with Crippen LogP contribution in [0.15, 0.2) is 0 Å². The second kappa shape index (κ2) is 3.98. The molecule has 12 heavy (non-hydrogen) atoms. The van der Waals surface area contributed by atoms with Crippen molar-refractivity contribution in [3.63, 3.8) is 0 Å². The largest absolute Gasteiger partial charge is 0.360 e. The van der Waals surface area contributed by atoms with Gasteiger partial charge in [0, 0.05) is 6.04 Å². The van der Waals surface area contributed by atoms with E-state index < -0.39 is 12.5 Å². The van der Waals surface area contributed by atoms with Gasteiger partial charge >= 0.3 is 0 Å². The van der Waals surface area contributed by atoms with E-state index in [1.54, 1.807) is 0 Å². The molecule has 0 aromatic rings. The van der Waals surface area contributed by atoms with Crippen molar-refractivity contribution in [2.75, 3.05) is 0 Å². The predicted octanol–water partition coefficient (Wildman–Crippen LogP) is 1.27. The molecule has 0 aromatic carbocycles. The first-order valence-corrected chi connectivity index (χ1v) is 4.35. The Bertz CT molecular complexity index is 171. The van der Waals surface area contributed by atoms with Gasteiger partial charge < -0.3 is 10.6 Å².